The van der Waals surface area contributed by atoms with Crippen molar-refractivity contribution in [2.75, 3.05) is 5.32 Å². The lowest BCUT2D eigenvalue weighted by molar-refractivity contribution is -0.173. The van der Waals surface area contributed by atoms with Gasteiger partial charge in [-0.3, -0.25) is 9.36 Å². The van der Waals surface area contributed by atoms with Crippen LogP contribution in [0.15, 0.2) is 55.2 Å². The van der Waals surface area contributed by atoms with Crippen LogP contribution in [0.2, 0.25) is 0 Å². The molecule has 2 atom stereocenters. The average Bonchev–Trinajstić information content (AvgIpc) is 3.30. The van der Waals surface area contributed by atoms with Crippen LogP contribution in [0.4, 0.5) is 19.0 Å². The lowest BCUT2D eigenvalue weighted by Gasteiger charge is -2.34. The van der Waals surface area contributed by atoms with E-state index in [0.717, 1.165) is 16.4 Å². The van der Waals surface area contributed by atoms with Gasteiger partial charge in [-0.15, -0.1) is 0 Å². The lowest BCUT2D eigenvalue weighted by Crippen LogP contribution is -2.36. The second-order valence-electron chi connectivity index (χ2n) is 6.03. The fourth-order valence-corrected chi connectivity index (χ4v) is 3.14. The molecule has 0 amide bonds. The summed E-state index contributed by atoms with van der Waals surface area (Å²) in [7, 11) is 0. The van der Waals surface area contributed by atoms with Crippen LogP contribution < -0.4 is 5.32 Å². The summed E-state index contributed by atoms with van der Waals surface area (Å²) < 4.78 is 42.9. The van der Waals surface area contributed by atoms with Crippen LogP contribution in [-0.2, 0) is 0 Å². The molecule has 1 aliphatic heterocycles. The minimum absolute atomic E-state index is 0.0612. The van der Waals surface area contributed by atoms with Crippen LogP contribution in [0.1, 0.15) is 34.4 Å². The highest BCUT2D eigenvalue weighted by atomic mass is 19.4. The summed E-state index contributed by atoms with van der Waals surface area (Å²) in [6.07, 6.45) is 0.631. The average molecular weight is 361 g/mol. The standard InChI is InChI=1S/C17H14F3N5O/c18-17(19,20)14-8-13(11-4-2-1-3-5-11)23-15-12(9-22-25(14)15)16(26)24-7-6-21-10-24/h1-7,9-10,13-14,23H,8H2. The van der Waals surface area contributed by atoms with Gasteiger partial charge in [0.15, 0.2) is 6.04 Å². The van der Waals surface area contributed by atoms with Crippen molar-refractivity contribution in [3.63, 3.8) is 0 Å². The highest BCUT2D eigenvalue weighted by molar-refractivity contribution is 6.00. The number of carbonyl (C=O) groups is 1. The molecule has 0 saturated carbocycles. The van der Waals surface area contributed by atoms with E-state index in [1.807, 2.05) is 0 Å². The van der Waals surface area contributed by atoms with Gasteiger partial charge in [-0.1, -0.05) is 30.3 Å². The normalized spacial score (nSPS) is 19.7. The maximum atomic E-state index is 13.6. The zero-order valence-electron chi connectivity index (χ0n) is 13.4. The van der Waals surface area contributed by atoms with E-state index in [1.54, 1.807) is 30.3 Å². The van der Waals surface area contributed by atoms with Crippen LogP contribution in [0.25, 0.3) is 0 Å². The molecule has 1 N–H and O–H groups in total. The van der Waals surface area contributed by atoms with Gasteiger partial charge in [0.05, 0.1) is 12.2 Å². The maximum Gasteiger partial charge on any atom is 0.410 e. The molecule has 0 aliphatic carbocycles. The van der Waals surface area contributed by atoms with Crippen LogP contribution >= 0.6 is 0 Å². The van der Waals surface area contributed by atoms with E-state index in [0.29, 0.717) is 0 Å². The molecule has 0 fully saturated rings. The molecule has 4 rings (SSSR count). The van der Waals surface area contributed by atoms with Gasteiger partial charge in [-0.05, 0) is 5.56 Å². The van der Waals surface area contributed by atoms with E-state index in [-0.39, 0.29) is 17.8 Å². The first-order valence-electron chi connectivity index (χ1n) is 7.93. The molecule has 1 aromatic carbocycles. The third-order valence-corrected chi connectivity index (χ3v) is 4.41. The lowest BCUT2D eigenvalue weighted by atomic mass is 9.96. The summed E-state index contributed by atoms with van der Waals surface area (Å²) in [5.41, 5.74) is 0.785. The van der Waals surface area contributed by atoms with Crippen molar-refractivity contribution in [1.82, 2.24) is 19.3 Å². The molecule has 3 heterocycles. The maximum absolute atomic E-state index is 13.6. The van der Waals surface area contributed by atoms with Gasteiger partial charge in [0.1, 0.15) is 17.7 Å². The molecule has 0 saturated heterocycles. The van der Waals surface area contributed by atoms with E-state index in [2.05, 4.69) is 15.4 Å². The fourth-order valence-electron chi connectivity index (χ4n) is 3.14. The molecule has 0 spiro atoms. The van der Waals surface area contributed by atoms with Crippen molar-refractivity contribution in [3.8, 4) is 0 Å². The predicted molar refractivity (Wildman–Crippen MR) is 86.7 cm³/mol. The Morgan fingerprint density at radius 3 is 2.65 bits per heavy atom. The summed E-state index contributed by atoms with van der Waals surface area (Å²) in [5.74, 6) is -0.433. The topological polar surface area (TPSA) is 64.7 Å². The number of halogens is 3. The summed E-state index contributed by atoms with van der Waals surface area (Å²) in [4.78, 5) is 16.4. The monoisotopic (exact) mass is 361 g/mol. The van der Waals surface area contributed by atoms with Gasteiger partial charge in [-0.2, -0.15) is 18.3 Å². The smallest absolute Gasteiger partial charge is 0.363 e. The fraction of sp³-hybridized carbons (Fsp3) is 0.235. The molecule has 6 nitrogen and oxygen atoms in total. The van der Waals surface area contributed by atoms with Crippen LogP contribution in [0.5, 0.6) is 0 Å². The van der Waals surface area contributed by atoms with Crippen molar-refractivity contribution < 1.29 is 18.0 Å². The van der Waals surface area contributed by atoms with Crippen LogP contribution in [0, 0.1) is 0 Å². The van der Waals surface area contributed by atoms with Gasteiger partial charge in [0.2, 0.25) is 0 Å². The minimum Gasteiger partial charge on any atom is -0.363 e. The van der Waals surface area contributed by atoms with Crippen molar-refractivity contribution in [2.24, 2.45) is 0 Å². The second-order valence-corrected chi connectivity index (χ2v) is 6.03. The van der Waals surface area contributed by atoms with E-state index in [9.17, 15) is 18.0 Å². The number of hydrogen-bond acceptors (Lipinski definition) is 4. The van der Waals surface area contributed by atoms with Crippen molar-refractivity contribution in [3.05, 3.63) is 66.4 Å². The Hall–Kier alpha value is -3.10. The first-order valence-corrected chi connectivity index (χ1v) is 7.93. The van der Waals surface area contributed by atoms with Crippen LogP contribution in [-0.4, -0.2) is 31.4 Å². The third kappa shape index (κ3) is 2.75. The van der Waals surface area contributed by atoms with E-state index in [1.165, 1.54) is 23.3 Å². The number of nitrogens with one attached hydrogen (secondary N) is 1. The molecule has 26 heavy (non-hydrogen) atoms. The van der Waals surface area contributed by atoms with Crippen LogP contribution in [0.3, 0.4) is 0 Å². The molecule has 134 valence electrons. The number of carbonyl (C=O) groups excluding carboxylic acids is 1. The van der Waals surface area contributed by atoms with Gasteiger partial charge in [0, 0.05) is 18.8 Å². The SMILES string of the molecule is O=C(c1cnn2c1NC(c1ccccc1)CC2C(F)(F)F)n1ccnc1. The predicted octanol–water partition coefficient (Wildman–Crippen LogP) is 3.43. The largest absolute Gasteiger partial charge is 0.410 e. The van der Waals surface area contributed by atoms with Gasteiger partial charge in [0.25, 0.3) is 5.91 Å². The summed E-state index contributed by atoms with van der Waals surface area (Å²) in [6.45, 7) is 0. The van der Waals surface area contributed by atoms with E-state index >= 15 is 0 Å². The minimum atomic E-state index is -4.48. The molecule has 2 aromatic heterocycles. The zero-order valence-corrected chi connectivity index (χ0v) is 13.4. The Morgan fingerprint density at radius 2 is 2.00 bits per heavy atom. The Kier molecular flexibility index (Phi) is 3.78. The number of anilines is 1. The Bertz CT molecular complexity index is 918. The van der Waals surface area contributed by atoms with E-state index in [4.69, 9.17) is 0 Å². The van der Waals surface area contributed by atoms with Crippen molar-refractivity contribution in [2.45, 2.75) is 24.7 Å². The van der Waals surface area contributed by atoms with Gasteiger partial charge in [-0.25, -0.2) is 9.67 Å². The third-order valence-electron chi connectivity index (χ3n) is 4.41. The van der Waals surface area contributed by atoms with E-state index < -0.39 is 24.2 Å². The van der Waals surface area contributed by atoms with Crippen molar-refractivity contribution in [1.29, 1.82) is 0 Å². The highest BCUT2D eigenvalue weighted by Crippen LogP contribution is 2.44. The quantitative estimate of drug-likeness (QED) is 0.760. The summed E-state index contributed by atoms with van der Waals surface area (Å²) in [5, 5.41) is 6.90. The summed E-state index contributed by atoms with van der Waals surface area (Å²) >= 11 is 0. The molecule has 2 unspecified atom stereocenters. The molecular weight excluding hydrogens is 347 g/mol. The molecule has 3 aromatic rings. The van der Waals surface area contributed by atoms with Crippen molar-refractivity contribution >= 4 is 11.7 Å². The number of alkyl halides is 3. The Labute approximate surface area is 146 Å². The number of nitrogens with zero attached hydrogens (tertiary/aromatic N) is 4. The second kappa shape index (κ2) is 6.01. The highest BCUT2D eigenvalue weighted by Gasteiger charge is 2.47. The number of imidazole rings is 1. The molecule has 1 aliphatic rings. The number of rotatable bonds is 2. The molecular formula is C17H14F3N5O. The Morgan fingerprint density at radius 1 is 1.23 bits per heavy atom. The molecule has 0 radical (unpaired) electrons. The Balaban J connectivity index is 1.78. The number of hydrogen-bond donors (Lipinski definition) is 1. The first-order chi connectivity index (χ1) is 12.4. The number of aromatic nitrogens is 4. The molecule has 0 bridgehead atoms. The summed E-state index contributed by atoms with van der Waals surface area (Å²) in [6, 6.07) is 6.45. The number of fused-ring (bicyclic) bond motifs is 1. The van der Waals surface area contributed by atoms with Gasteiger partial charge >= 0.3 is 6.18 Å². The number of benzene rings is 1. The first kappa shape index (κ1) is 16.4. The zero-order chi connectivity index (χ0) is 18.3. The van der Waals surface area contributed by atoms with Gasteiger partial charge < -0.3 is 5.32 Å². The molecule has 9 heteroatoms.